The molecule has 3 nitrogen and oxygen atoms in total. The standard InChI is InChI=1S/C16H35N3S3/c1-16(2,3)22-15-12-19-8-6-17(10-13-20)4-5-18(7-9-19)11-14-21/h20-21H,4-15H2,1-3H3. The van der Waals surface area contributed by atoms with Gasteiger partial charge in [0.2, 0.25) is 0 Å². The molecule has 1 heterocycles. The second-order valence-electron chi connectivity index (χ2n) is 6.93. The summed E-state index contributed by atoms with van der Waals surface area (Å²) >= 11 is 10.9. The smallest absolute Gasteiger partial charge is 0.0110 e. The second-order valence-corrected chi connectivity index (χ2v) is 9.75. The van der Waals surface area contributed by atoms with E-state index in [4.69, 9.17) is 0 Å². The third-order valence-electron chi connectivity index (χ3n) is 3.97. The Hall–Kier alpha value is 0.930. The first-order valence-electron chi connectivity index (χ1n) is 8.47. The zero-order chi connectivity index (χ0) is 16.4. The van der Waals surface area contributed by atoms with E-state index in [2.05, 4.69) is 72.5 Å². The lowest BCUT2D eigenvalue weighted by molar-refractivity contribution is 0.234. The minimum Gasteiger partial charge on any atom is -0.300 e. The molecule has 0 spiro atoms. The predicted octanol–water partition coefficient (Wildman–Crippen LogP) is 2.30. The summed E-state index contributed by atoms with van der Waals surface area (Å²) in [5.41, 5.74) is 0. The second kappa shape index (κ2) is 11.5. The molecule has 1 aliphatic rings. The van der Waals surface area contributed by atoms with Crippen LogP contribution in [-0.4, -0.2) is 95.6 Å². The zero-order valence-corrected chi connectivity index (χ0v) is 17.2. The van der Waals surface area contributed by atoms with Crippen LogP contribution in [0.3, 0.4) is 0 Å². The Kier molecular flexibility index (Phi) is 10.9. The van der Waals surface area contributed by atoms with Gasteiger partial charge in [0.1, 0.15) is 0 Å². The van der Waals surface area contributed by atoms with Crippen molar-refractivity contribution in [2.75, 3.05) is 76.2 Å². The van der Waals surface area contributed by atoms with Gasteiger partial charge in [-0.3, -0.25) is 14.7 Å². The van der Waals surface area contributed by atoms with Crippen molar-refractivity contribution in [3.8, 4) is 0 Å². The van der Waals surface area contributed by atoms with Crippen molar-refractivity contribution >= 4 is 37.0 Å². The van der Waals surface area contributed by atoms with E-state index in [1.165, 1.54) is 51.6 Å². The van der Waals surface area contributed by atoms with Crippen molar-refractivity contribution in [2.45, 2.75) is 25.5 Å². The average Bonchev–Trinajstić information content (AvgIpc) is 2.52. The molecular formula is C16H35N3S3. The molecule has 0 amide bonds. The van der Waals surface area contributed by atoms with Gasteiger partial charge in [0, 0.05) is 80.9 Å². The highest BCUT2D eigenvalue weighted by atomic mass is 32.2. The molecule has 0 N–H and O–H groups in total. The van der Waals surface area contributed by atoms with Gasteiger partial charge in [-0.05, 0) is 0 Å². The van der Waals surface area contributed by atoms with Gasteiger partial charge >= 0.3 is 0 Å². The van der Waals surface area contributed by atoms with Crippen molar-refractivity contribution in [1.29, 1.82) is 0 Å². The molecule has 0 saturated carbocycles. The van der Waals surface area contributed by atoms with E-state index in [1.54, 1.807) is 0 Å². The van der Waals surface area contributed by atoms with Crippen LogP contribution in [0.1, 0.15) is 20.8 Å². The number of nitrogens with zero attached hydrogens (tertiary/aromatic N) is 3. The Morgan fingerprint density at radius 2 is 1.09 bits per heavy atom. The van der Waals surface area contributed by atoms with Crippen LogP contribution in [0.2, 0.25) is 0 Å². The SMILES string of the molecule is CC(C)(C)SCCN1CCN(CCS)CCN(CCS)CC1. The van der Waals surface area contributed by atoms with Crippen LogP contribution in [0.15, 0.2) is 0 Å². The summed E-state index contributed by atoms with van der Waals surface area (Å²) < 4.78 is 0.371. The first kappa shape index (κ1) is 21.0. The quantitative estimate of drug-likeness (QED) is 0.670. The molecule has 0 radical (unpaired) electrons. The predicted molar refractivity (Wildman–Crippen MR) is 109 cm³/mol. The van der Waals surface area contributed by atoms with E-state index < -0.39 is 0 Å². The molecule has 0 unspecified atom stereocenters. The van der Waals surface area contributed by atoms with Gasteiger partial charge in [-0.15, -0.1) is 0 Å². The first-order chi connectivity index (χ1) is 10.4. The molecule has 0 aromatic rings. The van der Waals surface area contributed by atoms with Crippen molar-refractivity contribution < 1.29 is 0 Å². The molecule has 0 bridgehead atoms. The van der Waals surface area contributed by atoms with Crippen LogP contribution in [0.25, 0.3) is 0 Å². The fraction of sp³-hybridized carbons (Fsp3) is 1.00. The topological polar surface area (TPSA) is 9.72 Å². The molecule has 1 rings (SSSR count). The molecule has 22 heavy (non-hydrogen) atoms. The summed E-state index contributed by atoms with van der Waals surface area (Å²) in [6.45, 7) is 17.4. The van der Waals surface area contributed by atoms with Crippen LogP contribution in [0.4, 0.5) is 0 Å². The van der Waals surface area contributed by atoms with Gasteiger partial charge in [-0.2, -0.15) is 37.0 Å². The Labute approximate surface area is 153 Å². The highest BCUT2D eigenvalue weighted by Gasteiger charge is 2.17. The summed E-state index contributed by atoms with van der Waals surface area (Å²) in [7, 11) is 0. The van der Waals surface area contributed by atoms with Crippen LogP contribution in [-0.2, 0) is 0 Å². The van der Waals surface area contributed by atoms with E-state index in [0.717, 1.165) is 24.6 Å². The van der Waals surface area contributed by atoms with Crippen molar-refractivity contribution in [3.63, 3.8) is 0 Å². The number of hydrogen-bond donors (Lipinski definition) is 2. The Morgan fingerprint density at radius 3 is 1.41 bits per heavy atom. The third-order valence-corrected chi connectivity index (χ3v) is 5.63. The molecule has 0 aromatic heterocycles. The summed E-state index contributed by atoms with van der Waals surface area (Å²) in [4.78, 5) is 7.77. The fourth-order valence-electron chi connectivity index (χ4n) is 2.62. The highest BCUT2D eigenvalue weighted by Crippen LogP contribution is 2.22. The largest absolute Gasteiger partial charge is 0.300 e. The van der Waals surface area contributed by atoms with Gasteiger partial charge in [-0.1, -0.05) is 20.8 Å². The van der Waals surface area contributed by atoms with E-state index in [9.17, 15) is 0 Å². The Balaban J connectivity index is 2.49. The fourth-order valence-corrected chi connectivity index (χ4v) is 4.15. The maximum Gasteiger partial charge on any atom is 0.0110 e. The lowest BCUT2D eigenvalue weighted by Gasteiger charge is -2.27. The van der Waals surface area contributed by atoms with Gasteiger partial charge in [0.05, 0.1) is 0 Å². The maximum atomic E-state index is 4.41. The zero-order valence-electron chi connectivity index (χ0n) is 14.6. The van der Waals surface area contributed by atoms with E-state index in [1.807, 2.05) is 0 Å². The lowest BCUT2D eigenvalue weighted by Crippen LogP contribution is -2.38. The molecular weight excluding hydrogens is 330 g/mol. The van der Waals surface area contributed by atoms with Crippen molar-refractivity contribution in [3.05, 3.63) is 0 Å². The van der Waals surface area contributed by atoms with Crippen LogP contribution in [0.5, 0.6) is 0 Å². The molecule has 6 heteroatoms. The molecule has 0 atom stereocenters. The van der Waals surface area contributed by atoms with Crippen LogP contribution < -0.4 is 0 Å². The molecule has 132 valence electrons. The van der Waals surface area contributed by atoms with Gasteiger partial charge in [0.15, 0.2) is 0 Å². The first-order valence-corrected chi connectivity index (χ1v) is 10.7. The van der Waals surface area contributed by atoms with Crippen molar-refractivity contribution in [2.24, 2.45) is 0 Å². The lowest BCUT2D eigenvalue weighted by atomic mass is 10.3. The summed E-state index contributed by atoms with van der Waals surface area (Å²) in [6.07, 6.45) is 0. The van der Waals surface area contributed by atoms with Gasteiger partial charge in [0.25, 0.3) is 0 Å². The summed E-state index contributed by atoms with van der Waals surface area (Å²) in [5, 5.41) is 0. The van der Waals surface area contributed by atoms with Crippen molar-refractivity contribution in [1.82, 2.24) is 14.7 Å². The minimum atomic E-state index is 0.371. The van der Waals surface area contributed by atoms with Gasteiger partial charge in [-0.25, -0.2) is 0 Å². The third kappa shape index (κ3) is 9.93. The Bertz CT molecular complexity index is 266. The minimum absolute atomic E-state index is 0.371. The molecule has 0 aliphatic carbocycles. The van der Waals surface area contributed by atoms with E-state index in [0.29, 0.717) is 4.75 Å². The van der Waals surface area contributed by atoms with E-state index >= 15 is 0 Å². The van der Waals surface area contributed by atoms with Crippen LogP contribution >= 0.6 is 37.0 Å². The number of thiol groups is 2. The Morgan fingerprint density at radius 1 is 0.727 bits per heavy atom. The molecule has 1 saturated heterocycles. The summed E-state index contributed by atoms with van der Waals surface area (Å²) in [5.74, 6) is 3.13. The molecule has 1 aliphatic heterocycles. The summed E-state index contributed by atoms with van der Waals surface area (Å²) in [6, 6.07) is 0. The average molecular weight is 366 g/mol. The number of thioether (sulfide) groups is 1. The maximum absolute atomic E-state index is 4.41. The van der Waals surface area contributed by atoms with E-state index in [-0.39, 0.29) is 0 Å². The normalized spacial score (nSPS) is 20.6. The molecule has 0 aromatic carbocycles. The number of hydrogen-bond acceptors (Lipinski definition) is 6. The highest BCUT2D eigenvalue weighted by molar-refractivity contribution is 8.00. The van der Waals surface area contributed by atoms with Crippen LogP contribution in [0, 0.1) is 0 Å². The van der Waals surface area contributed by atoms with Gasteiger partial charge < -0.3 is 0 Å². The number of rotatable bonds is 7. The molecule has 1 fully saturated rings. The monoisotopic (exact) mass is 365 g/mol.